The molecule has 0 radical (unpaired) electrons. The number of aromatic carboxylic acids is 2. The Bertz CT molecular complexity index is 3550. The Hall–Kier alpha value is -7.97. The highest BCUT2D eigenvalue weighted by Gasteiger charge is 2.23. The lowest BCUT2D eigenvalue weighted by Gasteiger charge is -2.12. The molecule has 344 valence electrons. The van der Waals surface area contributed by atoms with E-state index in [9.17, 15) is 76.8 Å². The smallest absolute Gasteiger partial charge is 0.337 e. The number of hydrogen-bond donors (Lipinski definition) is 9. The van der Waals surface area contributed by atoms with E-state index in [0.29, 0.717) is 12.1 Å². The van der Waals surface area contributed by atoms with Gasteiger partial charge in [-0.15, -0.1) is 0 Å². The van der Waals surface area contributed by atoms with Gasteiger partial charge >= 0.3 is 17.9 Å². The minimum Gasteiger partial charge on any atom is -0.479 e. The van der Waals surface area contributed by atoms with E-state index >= 15 is 0 Å². The van der Waals surface area contributed by atoms with E-state index in [2.05, 4.69) is 46.0 Å². The molecule has 0 fully saturated rings. The van der Waals surface area contributed by atoms with Crippen molar-refractivity contribution in [2.75, 3.05) is 10.6 Å². The van der Waals surface area contributed by atoms with Crippen molar-refractivity contribution in [3.8, 4) is 6.01 Å². The fraction of sp³-hybridized carbons (Fsp3) is 0. The molecule has 0 saturated heterocycles. The predicted molar refractivity (Wildman–Crippen MR) is 230 cm³/mol. The fourth-order valence-corrected chi connectivity index (χ4v) is 8.82. The summed E-state index contributed by atoms with van der Waals surface area (Å²) in [5.41, 5.74) is -1.30. The molecule has 0 bridgehead atoms. The van der Waals surface area contributed by atoms with Gasteiger partial charge in [0, 0.05) is 10.8 Å². The number of carboxylic acid groups (broad SMARTS) is 2. The van der Waals surface area contributed by atoms with Crippen LogP contribution in [0.25, 0.3) is 21.5 Å². The number of aromatic hydroxyl groups is 1. The molecule has 1 aromatic heterocycles. The zero-order chi connectivity index (χ0) is 48.8. The molecule has 0 saturated carbocycles. The lowest BCUT2D eigenvalue weighted by Crippen LogP contribution is -2.08. The van der Waals surface area contributed by atoms with Crippen molar-refractivity contribution < 1.29 is 76.8 Å². The van der Waals surface area contributed by atoms with Gasteiger partial charge in [-0.2, -0.15) is 69.1 Å². The molecule has 1 heterocycles. The zero-order valence-corrected chi connectivity index (χ0v) is 36.0. The molecule has 0 amide bonds. The lowest BCUT2D eigenvalue weighted by molar-refractivity contribution is 0.0687. The van der Waals surface area contributed by atoms with Crippen molar-refractivity contribution in [3.05, 3.63) is 108 Å². The number of anilines is 4. The quantitative estimate of drug-likeness (QED) is 0.0410. The molecule has 9 N–H and O–H groups in total. The minimum atomic E-state index is -5.01. The lowest BCUT2D eigenvalue weighted by atomic mass is 10.1. The molecule has 30 heteroatoms. The summed E-state index contributed by atoms with van der Waals surface area (Å²) in [5.74, 6) is -3.84. The zero-order valence-electron chi connectivity index (χ0n) is 32.7. The van der Waals surface area contributed by atoms with Crippen molar-refractivity contribution in [1.82, 2.24) is 15.0 Å². The second kappa shape index (κ2) is 17.4. The van der Waals surface area contributed by atoms with Crippen LogP contribution in [0, 0.1) is 0 Å². The minimum absolute atomic E-state index is 0.0130. The van der Waals surface area contributed by atoms with Crippen LogP contribution < -0.4 is 10.6 Å². The molecule has 0 aliphatic heterocycles. The van der Waals surface area contributed by atoms with Crippen molar-refractivity contribution >= 4 is 120 Å². The summed E-state index contributed by atoms with van der Waals surface area (Å²) in [5, 5.41) is 51.0. The van der Waals surface area contributed by atoms with Gasteiger partial charge in [-0.25, -0.2) is 9.59 Å². The van der Waals surface area contributed by atoms with Crippen LogP contribution in [0.2, 0.25) is 0 Å². The summed E-state index contributed by atoms with van der Waals surface area (Å²) in [6.45, 7) is 0. The molecule has 6 aromatic carbocycles. The molecule has 0 atom stereocenters. The van der Waals surface area contributed by atoms with E-state index in [1.165, 1.54) is 48.5 Å². The maximum absolute atomic E-state index is 12.3. The summed E-state index contributed by atoms with van der Waals surface area (Å²) in [6.07, 6.45) is 0. The van der Waals surface area contributed by atoms with Gasteiger partial charge in [-0.3, -0.25) is 18.2 Å². The number of rotatable bonds is 14. The van der Waals surface area contributed by atoms with E-state index < -0.39 is 101 Å². The molecule has 26 nitrogen and oxygen atoms in total. The van der Waals surface area contributed by atoms with Gasteiger partial charge in [0.15, 0.2) is 0 Å². The average molecular weight is 996 g/mol. The monoisotopic (exact) mass is 995 g/mol. The summed E-state index contributed by atoms with van der Waals surface area (Å²) in [4.78, 5) is 32.8. The first-order valence-electron chi connectivity index (χ1n) is 17.9. The highest BCUT2D eigenvalue weighted by molar-refractivity contribution is 7.87. The van der Waals surface area contributed by atoms with Crippen molar-refractivity contribution in [1.29, 1.82) is 0 Å². The van der Waals surface area contributed by atoms with Crippen LogP contribution in [-0.2, 0) is 40.5 Å². The van der Waals surface area contributed by atoms with Gasteiger partial charge in [-0.05, 0) is 95.7 Å². The van der Waals surface area contributed by atoms with Crippen LogP contribution in [-0.4, -0.2) is 94.1 Å². The number of fused-ring (bicyclic) bond motifs is 2. The van der Waals surface area contributed by atoms with E-state index in [4.69, 9.17) is 0 Å². The van der Waals surface area contributed by atoms with Crippen molar-refractivity contribution in [3.63, 3.8) is 0 Å². The Balaban J connectivity index is 1.12. The van der Waals surface area contributed by atoms with E-state index in [0.717, 1.165) is 36.4 Å². The van der Waals surface area contributed by atoms with Gasteiger partial charge in [0.05, 0.1) is 55.0 Å². The highest BCUT2D eigenvalue weighted by Crippen LogP contribution is 2.35. The maximum atomic E-state index is 12.3. The van der Waals surface area contributed by atoms with Crippen LogP contribution >= 0.6 is 0 Å². The van der Waals surface area contributed by atoms with Gasteiger partial charge in [0.1, 0.15) is 9.79 Å². The number of benzene rings is 6. The molecule has 0 aliphatic rings. The van der Waals surface area contributed by atoms with E-state index in [1.54, 1.807) is 0 Å². The van der Waals surface area contributed by atoms with Crippen LogP contribution in [0.5, 0.6) is 6.01 Å². The highest BCUT2D eigenvalue weighted by atomic mass is 32.2. The molecule has 0 spiro atoms. The Morgan fingerprint density at radius 3 is 1.12 bits per heavy atom. The average Bonchev–Trinajstić information content (AvgIpc) is 3.23. The Labute approximate surface area is 375 Å². The Morgan fingerprint density at radius 1 is 0.448 bits per heavy atom. The molecule has 0 unspecified atom stereocenters. The molecule has 0 aliphatic carbocycles. The second-order valence-electron chi connectivity index (χ2n) is 13.6. The second-order valence-corrected chi connectivity index (χ2v) is 19.2. The number of nitrogens with one attached hydrogen (secondary N) is 2. The third kappa shape index (κ3) is 10.8. The number of azo groups is 2. The van der Waals surface area contributed by atoms with Crippen LogP contribution in [0.3, 0.4) is 0 Å². The van der Waals surface area contributed by atoms with Gasteiger partial charge in [-0.1, -0.05) is 12.1 Å². The van der Waals surface area contributed by atoms with Crippen LogP contribution in [0.4, 0.5) is 46.0 Å². The van der Waals surface area contributed by atoms with E-state index in [-0.39, 0.29) is 55.7 Å². The van der Waals surface area contributed by atoms with Crippen molar-refractivity contribution in [2.45, 2.75) is 19.6 Å². The largest absolute Gasteiger partial charge is 0.479 e. The summed E-state index contributed by atoms with van der Waals surface area (Å²) < 4.78 is 133. The van der Waals surface area contributed by atoms with Crippen molar-refractivity contribution in [2.24, 2.45) is 20.5 Å². The van der Waals surface area contributed by atoms with Crippen LogP contribution in [0.15, 0.2) is 137 Å². The molecule has 7 rings (SSSR count). The van der Waals surface area contributed by atoms with Gasteiger partial charge in [0.2, 0.25) is 11.9 Å². The summed E-state index contributed by atoms with van der Waals surface area (Å²) >= 11 is 0. The van der Waals surface area contributed by atoms with E-state index in [1.807, 2.05) is 0 Å². The molecular weight excluding hydrogens is 971 g/mol. The fourth-order valence-electron chi connectivity index (χ4n) is 6.13. The van der Waals surface area contributed by atoms with Gasteiger partial charge < -0.3 is 26.0 Å². The summed E-state index contributed by atoms with van der Waals surface area (Å²) in [6, 6.07) is 16.6. The topological polar surface area (TPSA) is 424 Å². The van der Waals surface area contributed by atoms with Gasteiger partial charge in [0.25, 0.3) is 40.5 Å². The Kier molecular flexibility index (Phi) is 12.2. The predicted octanol–water partition coefficient (Wildman–Crippen LogP) is 6.58. The maximum Gasteiger partial charge on any atom is 0.337 e. The first kappa shape index (κ1) is 47.0. The third-order valence-electron chi connectivity index (χ3n) is 9.04. The number of nitrogens with zero attached hydrogens (tertiary/aromatic N) is 7. The number of hydrogen-bond acceptors (Lipinski definition) is 20. The number of aromatic nitrogens is 3. The molecule has 67 heavy (non-hydrogen) atoms. The number of carboxylic acids is 2. The summed E-state index contributed by atoms with van der Waals surface area (Å²) in [7, 11) is -19.7. The number of carbonyl (C=O) groups is 2. The normalized spacial score (nSPS) is 12.5. The standard InChI is InChI=1S/C37H25N9O17S4/c47-33(48)27-13-21(45-43-19-3-1-17-9-23(64(52,53)54)15-31(25(17)11-19)66(58,59)60)5-7-29(27)38-35-40-36(42-37(51)41-35)39-30-8-6-22(14-28(30)34(49)50)46-44-20-4-2-18-10-24(65(55,56)57)16-32(26(18)12-20)67(61,62)63/h1-16H,(H,47,48)(H,49,50)(H,52,53,54)(H,55,56,57)(H,58,59,60)(H,61,62,63)(H3,38,39,40,41,42,51)/b45-43+,46-44+. The Morgan fingerprint density at radius 2 is 0.791 bits per heavy atom. The molecule has 7 aromatic rings. The first-order chi connectivity index (χ1) is 31.2. The first-order valence-corrected chi connectivity index (χ1v) is 23.6. The van der Waals surface area contributed by atoms with Crippen LogP contribution in [0.1, 0.15) is 20.7 Å². The molecular formula is C37H25N9O17S4. The SMILES string of the molecule is O=C(O)c1cc(/N=N/c2ccc3cc(S(=O)(=O)O)cc(S(=O)(=O)O)c3c2)ccc1Nc1nc(O)nc(Nc2ccc(/N=N/c3ccc4cc(S(=O)(=O)O)cc(S(=O)(=O)O)c4c3)cc2C(=O)O)n1. The third-order valence-corrected chi connectivity index (χ3v) is 12.5.